The van der Waals surface area contributed by atoms with E-state index in [2.05, 4.69) is 30.7 Å². The minimum atomic E-state index is 0.202. The Hall–Kier alpha value is -1.88. The number of thiazole rings is 1. The first-order valence-electron chi connectivity index (χ1n) is 9.46. The van der Waals surface area contributed by atoms with E-state index in [1.54, 1.807) is 11.3 Å². The number of amidine groups is 1. The predicted octanol–water partition coefficient (Wildman–Crippen LogP) is 5.07. The normalized spacial score (nSPS) is 33.0. The molecule has 2 fully saturated rings. The Balaban J connectivity index is 1.50. The number of aliphatic hydroxyl groups is 1. The van der Waals surface area contributed by atoms with Gasteiger partial charge in [-0.15, -0.1) is 11.3 Å². The summed E-state index contributed by atoms with van der Waals surface area (Å²) in [6.07, 6.45) is 3.65. The number of benzene rings is 1. The SMILES string of the molecule is CC1(C)C2CCC1(C)C(N1CC(O)=C(c3nc4ccccc4s3)C1=N)C2. The van der Waals surface area contributed by atoms with Crippen LogP contribution in [0.25, 0.3) is 15.8 Å². The van der Waals surface area contributed by atoms with Gasteiger partial charge in [0.1, 0.15) is 16.6 Å². The number of para-hydroxylation sites is 1. The molecule has 0 saturated heterocycles. The molecule has 3 unspecified atom stereocenters. The molecule has 2 aliphatic carbocycles. The summed E-state index contributed by atoms with van der Waals surface area (Å²) in [6, 6.07) is 8.35. The number of aliphatic hydroxyl groups excluding tert-OH is 1. The van der Waals surface area contributed by atoms with Gasteiger partial charge < -0.3 is 10.0 Å². The van der Waals surface area contributed by atoms with Crippen molar-refractivity contribution in [2.24, 2.45) is 16.7 Å². The molecule has 0 spiro atoms. The lowest BCUT2D eigenvalue weighted by molar-refractivity contribution is 0.0817. The Kier molecular flexibility index (Phi) is 3.20. The molecule has 2 aromatic rings. The van der Waals surface area contributed by atoms with E-state index < -0.39 is 0 Å². The van der Waals surface area contributed by atoms with Crippen LogP contribution in [0.1, 0.15) is 45.0 Å². The van der Waals surface area contributed by atoms with E-state index in [0.29, 0.717) is 35.2 Å². The Labute approximate surface area is 158 Å². The molecule has 2 heterocycles. The van der Waals surface area contributed by atoms with Crippen molar-refractivity contribution >= 4 is 33.0 Å². The van der Waals surface area contributed by atoms with E-state index in [1.807, 2.05) is 24.3 Å². The molecule has 26 heavy (non-hydrogen) atoms. The van der Waals surface area contributed by atoms with Gasteiger partial charge in [-0.3, -0.25) is 5.41 Å². The summed E-state index contributed by atoms with van der Waals surface area (Å²) < 4.78 is 1.10. The van der Waals surface area contributed by atoms with Crippen LogP contribution in [0.5, 0.6) is 0 Å². The van der Waals surface area contributed by atoms with E-state index in [9.17, 15) is 5.11 Å². The van der Waals surface area contributed by atoms with Crippen LogP contribution in [0.15, 0.2) is 30.0 Å². The summed E-state index contributed by atoms with van der Waals surface area (Å²) in [6.45, 7) is 7.63. The van der Waals surface area contributed by atoms with Crippen molar-refractivity contribution in [3.63, 3.8) is 0 Å². The van der Waals surface area contributed by atoms with Gasteiger partial charge in [-0.1, -0.05) is 32.9 Å². The molecule has 2 N–H and O–H groups in total. The molecule has 4 nitrogen and oxygen atoms in total. The summed E-state index contributed by atoms with van der Waals surface area (Å²) in [5.41, 5.74) is 2.07. The zero-order valence-corrected chi connectivity index (χ0v) is 16.4. The number of rotatable bonds is 2. The van der Waals surface area contributed by atoms with Crippen LogP contribution < -0.4 is 0 Å². The standard InChI is InChI=1S/C21H25N3OS/c1-20(2)12-8-9-21(20,3)16(10-12)24-11-14(25)17(18(24)22)19-23-13-6-4-5-7-15(13)26-19/h4-7,12,16,22,25H,8-11H2,1-3H3. The summed E-state index contributed by atoms with van der Waals surface area (Å²) in [5.74, 6) is 1.48. The van der Waals surface area contributed by atoms with Gasteiger partial charge in [-0.2, -0.15) is 0 Å². The smallest absolute Gasteiger partial charge is 0.135 e. The maximum absolute atomic E-state index is 10.7. The molecule has 1 aromatic carbocycles. The van der Waals surface area contributed by atoms with Gasteiger partial charge in [0.15, 0.2) is 0 Å². The summed E-state index contributed by atoms with van der Waals surface area (Å²) in [5, 5.41) is 20.3. The zero-order chi connectivity index (χ0) is 18.3. The molecule has 3 atom stereocenters. The van der Waals surface area contributed by atoms with Crippen LogP contribution in [0.3, 0.4) is 0 Å². The highest BCUT2D eigenvalue weighted by molar-refractivity contribution is 7.19. The van der Waals surface area contributed by atoms with Crippen molar-refractivity contribution in [1.82, 2.24) is 9.88 Å². The van der Waals surface area contributed by atoms with Crippen molar-refractivity contribution in [3.8, 4) is 0 Å². The lowest BCUT2D eigenvalue weighted by Crippen LogP contribution is -2.48. The molecule has 5 rings (SSSR count). The van der Waals surface area contributed by atoms with E-state index in [1.165, 1.54) is 12.8 Å². The summed E-state index contributed by atoms with van der Waals surface area (Å²) in [4.78, 5) is 6.83. The topological polar surface area (TPSA) is 60.2 Å². The Bertz CT molecular complexity index is 926. The lowest BCUT2D eigenvalue weighted by atomic mass is 9.69. The highest BCUT2D eigenvalue weighted by atomic mass is 32.1. The number of nitrogens with zero attached hydrogens (tertiary/aromatic N) is 2. The van der Waals surface area contributed by atoms with E-state index in [4.69, 9.17) is 5.41 Å². The zero-order valence-electron chi connectivity index (χ0n) is 15.5. The average Bonchev–Trinajstić information content (AvgIpc) is 3.25. The fourth-order valence-corrected chi connectivity index (χ4v) is 6.74. The largest absolute Gasteiger partial charge is 0.510 e. The highest BCUT2D eigenvalue weighted by Crippen LogP contribution is 2.67. The van der Waals surface area contributed by atoms with Gasteiger partial charge in [0.05, 0.1) is 22.3 Å². The fraction of sp³-hybridized carbons (Fsp3) is 0.524. The second-order valence-electron chi connectivity index (χ2n) is 8.91. The molecule has 3 aliphatic rings. The molecule has 5 heteroatoms. The minimum absolute atomic E-state index is 0.202. The van der Waals surface area contributed by atoms with Gasteiger partial charge in [-0.25, -0.2) is 4.98 Å². The molecule has 1 aliphatic heterocycles. The van der Waals surface area contributed by atoms with Crippen LogP contribution in [0, 0.1) is 22.2 Å². The number of hydrogen-bond acceptors (Lipinski definition) is 4. The average molecular weight is 368 g/mol. The molecule has 2 saturated carbocycles. The first-order chi connectivity index (χ1) is 12.3. The van der Waals surface area contributed by atoms with Crippen molar-refractivity contribution in [2.75, 3.05) is 6.54 Å². The van der Waals surface area contributed by atoms with Crippen LogP contribution in [0.2, 0.25) is 0 Å². The maximum Gasteiger partial charge on any atom is 0.135 e. The third kappa shape index (κ3) is 1.90. The van der Waals surface area contributed by atoms with Crippen molar-refractivity contribution in [1.29, 1.82) is 5.41 Å². The van der Waals surface area contributed by atoms with E-state index >= 15 is 0 Å². The molecule has 136 valence electrons. The van der Waals surface area contributed by atoms with Gasteiger partial charge in [0.25, 0.3) is 0 Å². The molecule has 0 amide bonds. The fourth-order valence-electron chi connectivity index (χ4n) is 5.70. The van der Waals surface area contributed by atoms with E-state index in [0.717, 1.165) is 27.6 Å². The first kappa shape index (κ1) is 16.3. The Morgan fingerprint density at radius 3 is 2.69 bits per heavy atom. The number of aromatic nitrogens is 1. The van der Waals surface area contributed by atoms with Crippen LogP contribution in [-0.4, -0.2) is 33.4 Å². The van der Waals surface area contributed by atoms with Gasteiger partial charge >= 0.3 is 0 Å². The third-order valence-corrected chi connectivity index (χ3v) is 8.82. The maximum atomic E-state index is 10.7. The number of nitrogens with one attached hydrogen (secondary N) is 1. The summed E-state index contributed by atoms with van der Waals surface area (Å²) in [7, 11) is 0. The minimum Gasteiger partial charge on any atom is -0.510 e. The van der Waals surface area contributed by atoms with Gasteiger partial charge in [0.2, 0.25) is 0 Å². The number of fused-ring (bicyclic) bond motifs is 3. The summed E-state index contributed by atoms with van der Waals surface area (Å²) >= 11 is 1.56. The Morgan fingerprint density at radius 2 is 2.04 bits per heavy atom. The molecule has 1 aromatic heterocycles. The Morgan fingerprint density at radius 1 is 1.27 bits per heavy atom. The predicted molar refractivity (Wildman–Crippen MR) is 107 cm³/mol. The second-order valence-corrected chi connectivity index (χ2v) is 9.94. The molecule has 0 radical (unpaired) electrons. The van der Waals surface area contributed by atoms with Crippen molar-refractivity contribution < 1.29 is 5.11 Å². The van der Waals surface area contributed by atoms with Crippen molar-refractivity contribution in [2.45, 2.75) is 46.1 Å². The molecule has 2 bridgehead atoms. The highest BCUT2D eigenvalue weighted by Gasteiger charge is 2.63. The van der Waals surface area contributed by atoms with Crippen LogP contribution in [0.4, 0.5) is 0 Å². The molecular weight excluding hydrogens is 342 g/mol. The monoisotopic (exact) mass is 367 g/mol. The van der Waals surface area contributed by atoms with E-state index in [-0.39, 0.29) is 5.41 Å². The van der Waals surface area contributed by atoms with Crippen molar-refractivity contribution in [3.05, 3.63) is 35.0 Å². The lowest BCUT2D eigenvalue weighted by Gasteiger charge is -2.44. The van der Waals surface area contributed by atoms with Crippen LogP contribution in [-0.2, 0) is 0 Å². The third-order valence-electron chi connectivity index (χ3n) is 7.76. The van der Waals surface area contributed by atoms with Crippen LogP contribution >= 0.6 is 11.3 Å². The van der Waals surface area contributed by atoms with Gasteiger partial charge in [-0.05, 0) is 48.1 Å². The quantitative estimate of drug-likeness (QED) is 0.779. The number of hydrogen-bond donors (Lipinski definition) is 2. The second kappa shape index (κ2) is 5.10. The first-order valence-corrected chi connectivity index (χ1v) is 10.3. The molecular formula is C21H25N3OS. The van der Waals surface area contributed by atoms with Gasteiger partial charge in [0, 0.05) is 6.04 Å².